The first-order chi connectivity index (χ1) is 15.4. The van der Waals surface area contributed by atoms with Crippen LogP contribution >= 0.6 is 43.6 Å². The molecule has 4 heterocycles. The lowest BCUT2D eigenvalue weighted by molar-refractivity contribution is -0.145. The van der Waals surface area contributed by atoms with E-state index >= 15 is 0 Å². The lowest BCUT2D eigenvalue weighted by Gasteiger charge is -2.47. The molecule has 1 amide bonds. The average molecular weight is 580 g/mol. The van der Waals surface area contributed by atoms with Crippen LogP contribution in [-0.4, -0.2) is 45.8 Å². The summed E-state index contributed by atoms with van der Waals surface area (Å²) >= 11 is 8.80. The molecule has 1 aliphatic carbocycles. The number of methoxy groups -OCH3 is 1. The van der Waals surface area contributed by atoms with Crippen LogP contribution in [-0.2, 0) is 9.53 Å². The Morgan fingerprint density at radius 2 is 2.06 bits per heavy atom. The third kappa shape index (κ3) is 2.75. The Hall–Kier alpha value is -1.78. The molecule has 1 saturated carbocycles. The summed E-state index contributed by atoms with van der Waals surface area (Å²) in [5, 5.41) is 4.47. The second-order valence-electron chi connectivity index (χ2n) is 8.69. The summed E-state index contributed by atoms with van der Waals surface area (Å²) in [5.41, 5.74) is -0.0827. The molecule has 5 atom stereocenters. The third-order valence-corrected chi connectivity index (χ3v) is 10.1. The Balaban J connectivity index is 1.46. The number of aliphatic imine (C=N–C) groups is 1. The van der Waals surface area contributed by atoms with E-state index in [-0.39, 0.29) is 35.8 Å². The van der Waals surface area contributed by atoms with E-state index in [1.165, 1.54) is 7.11 Å². The van der Waals surface area contributed by atoms with Crippen LogP contribution < -0.4 is 5.32 Å². The highest BCUT2D eigenvalue weighted by atomic mass is 79.9. The number of esters is 1. The Labute approximate surface area is 206 Å². The van der Waals surface area contributed by atoms with Crippen molar-refractivity contribution >= 4 is 60.7 Å². The van der Waals surface area contributed by atoms with E-state index in [1.54, 1.807) is 11.8 Å². The van der Waals surface area contributed by atoms with Crippen LogP contribution in [0.15, 0.2) is 55.4 Å². The van der Waals surface area contributed by atoms with Gasteiger partial charge in [-0.3, -0.25) is 9.59 Å². The van der Waals surface area contributed by atoms with Gasteiger partial charge in [-0.1, -0.05) is 30.0 Å². The maximum atomic E-state index is 13.6. The number of fused-ring (bicyclic) bond motifs is 3. The molecule has 7 nitrogen and oxygen atoms in total. The zero-order valence-corrected chi connectivity index (χ0v) is 21.1. The molecular weight excluding hydrogens is 560 g/mol. The van der Waals surface area contributed by atoms with Crippen LogP contribution in [0.25, 0.3) is 0 Å². The van der Waals surface area contributed by atoms with Gasteiger partial charge in [-0.15, -0.1) is 0 Å². The van der Waals surface area contributed by atoms with Gasteiger partial charge in [0.2, 0.25) is 0 Å². The van der Waals surface area contributed by atoms with Crippen LogP contribution in [0.2, 0.25) is 0 Å². The van der Waals surface area contributed by atoms with Crippen molar-refractivity contribution in [2.75, 3.05) is 13.7 Å². The summed E-state index contributed by atoms with van der Waals surface area (Å²) in [5.74, 6) is 0.00595. The number of hydrogen-bond acceptors (Lipinski definition) is 6. The number of amidine groups is 1. The van der Waals surface area contributed by atoms with Crippen molar-refractivity contribution < 1.29 is 14.3 Å². The zero-order valence-electron chi connectivity index (χ0n) is 17.1. The monoisotopic (exact) mass is 578 g/mol. The predicted octanol–water partition coefficient (Wildman–Crippen LogP) is 4.24. The molecule has 1 aromatic heterocycles. The van der Waals surface area contributed by atoms with Gasteiger partial charge < -0.3 is 19.5 Å². The minimum atomic E-state index is -0.699. The van der Waals surface area contributed by atoms with Gasteiger partial charge >= 0.3 is 5.97 Å². The molecule has 1 aromatic carbocycles. The molecule has 4 aliphatic rings. The van der Waals surface area contributed by atoms with E-state index in [0.29, 0.717) is 18.7 Å². The van der Waals surface area contributed by atoms with Gasteiger partial charge in [0.1, 0.15) is 10.3 Å². The molecule has 1 spiro atoms. The molecule has 2 fully saturated rings. The molecule has 32 heavy (non-hydrogen) atoms. The summed E-state index contributed by atoms with van der Waals surface area (Å²) in [7, 11) is 1.44. The summed E-state index contributed by atoms with van der Waals surface area (Å²) in [6.07, 6.45) is 1.09. The number of hydrogen-bond donors (Lipinski definition) is 1. The number of nitrogens with one attached hydrogen (secondary N) is 1. The molecule has 1 unspecified atom stereocenters. The molecule has 3 aliphatic heterocycles. The number of rotatable bonds is 2. The highest BCUT2D eigenvalue weighted by Gasteiger charge is 2.68. The Bertz CT molecular complexity index is 1170. The lowest BCUT2D eigenvalue weighted by Crippen LogP contribution is -2.65. The number of nitrogens with zero attached hydrogens (tertiary/aromatic N) is 3. The van der Waals surface area contributed by atoms with Crippen LogP contribution in [0.1, 0.15) is 29.5 Å². The van der Waals surface area contributed by atoms with Crippen LogP contribution in [0.3, 0.4) is 0 Å². The van der Waals surface area contributed by atoms with Crippen molar-refractivity contribution in [3.8, 4) is 0 Å². The van der Waals surface area contributed by atoms with Crippen molar-refractivity contribution in [2.24, 2.45) is 22.7 Å². The largest absolute Gasteiger partial charge is 0.469 e. The lowest BCUT2D eigenvalue weighted by atomic mass is 9.85. The highest BCUT2D eigenvalue weighted by molar-refractivity contribution is 9.13. The van der Waals surface area contributed by atoms with E-state index in [1.807, 2.05) is 45.9 Å². The Kier molecular flexibility index (Phi) is 4.79. The summed E-state index contributed by atoms with van der Waals surface area (Å²) in [6.45, 7) is 0.611. The third-order valence-electron chi connectivity index (χ3n) is 7.20. The van der Waals surface area contributed by atoms with E-state index in [0.717, 1.165) is 25.6 Å². The predicted molar refractivity (Wildman–Crippen MR) is 127 cm³/mol. The highest BCUT2D eigenvalue weighted by Crippen LogP contribution is 2.59. The molecule has 0 radical (unpaired) electrons. The van der Waals surface area contributed by atoms with Gasteiger partial charge in [-0.25, -0.2) is 4.99 Å². The Morgan fingerprint density at radius 1 is 1.28 bits per heavy atom. The van der Waals surface area contributed by atoms with Gasteiger partial charge in [-0.05, 0) is 68.8 Å². The second-order valence-corrected chi connectivity index (χ2v) is 11.4. The maximum Gasteiger partial charge on any atom is 0.308 e. The maximum absolute atomic E-state index is 13.6. The second kappa shape index (κ2) is 7.36. The number of ether oxygens (including phenoxy) is 1. The number of benzene rings is 1. The van der Waals surface area contributed by atoms with E-state index in [4.69, 9.17) is 9.73 Å². The fourth-order valence-electron chi connectivity index (χ4n) is 5.95. The molecule has 6 rings (SSSR count). The topological polar surface area (TPSA) is 75.9 Å². The molecule has 0 bridgehead atoms. The first kappa shape index (κ1) is 20.8. The van der Waals surface area contributed by atoms with Crippen LogP contribution in [0.4, 0.5) is 0 Å². The van der Waals surface area contributed by atoms with Crippen molar-refractivity contribution in [1.29, 1.82) is 0 Å². The normalized spacial score (nSPS) is 32.0. The Morgan fingerprint density at radius 3 is 2.81 bits per heavy atom. The van der Waals surface area contributed by atoms with Gasteiger partial charge in [0.25, 0.3) is 5.91 Å². The smallest absolute Gasteiger partial charge is 0.308 e. The van der Waals surface area contributed by atoms with Crippen LogP contribution in [0.5, 0.6) is 0 Å². The fraction of sp³-hybridized carbons (Fsp3) is 0.409. The van der Waals surface area contributed by atoms with E-state index in [9.17, 15) is 9.59 Å². The SMILES string of the molecule is COC(=O)C1C[C@H]2CN3C(=O)c4cc(Br)c(Br)n4[C@@H]4N=C(Sc5ccccc5)N[C@]43[C@@H]2C1. The first-order valence-corrected chi connectivity index (χ1v) is 12.9. The molecule has 1 N–H and O–H groups in total. The van der Waals surface area contributed by atoms with Crippen LogP contribution in [0, 0.1) is 17.8 Å². The van der Waals surface area contributed by atoms with Crippen molar-refractivity contribution in [1.82, 2.24) is 14.8 Å². The minimum Gasteiger partial charge on any atom is -0.469 e. The fourth-order valence-corrected chi connectivity index (χ4v) is 7.74. The van der Waals surface area contributed by atoms with E-state index < -0.39 is 5.66 Å². The number of halogens is 2. The molecular formula is C22H20Br2N4O3S. The van der Waals surface area contributed by atoms with Gasteiger partial charge in [0.15, 0.2) is 17.0 Å². The van der Waals surface area contributed by atoms with Crippen molar-refractivity contribution in [3.63, 3.8) is 0 Å². The minimum absolute atomic E-state index is 0.00895. The number of carbonyl (C=O) groups is 2. The number of thioether (sulfide) groups is 1. The molecule has 10 heteroatoms. The summed E-state index contributed by atoms with van der Waals surface area (Å²) in [6, 6.07) is 11.9. The number of carbonyl (C=O) groups excluding carboxylic acids is 2. The average Bonchev–Trinajstić information content (AvgIpc) is 3.51. The number of amides is 1. The van der Waals surface area contributed by atoms with Gasteiger partial charge in [-0.2, -0.15) is 0 Å². The van der Waals surface area contributed by atoms with Gasteiger partial charge in [0.05, 0.1) is 17.5 Å². The van der Waals surface area contributed by atoms with Gasteiger partial charge in [0, 0.05) is 17.4 Å². The van der Waals surface area contributed by atoms with E-state index in [2.05, 4.69) is 37.2 Å². The summed E-state index contributed by atoms with van der Waals surface area (Å²) < 4.78 is 8.67. The zero-order chi connectivity index (χ0) is 22.2. The molecule has 1 saturated heterocycles. The molecule has 2 aromatic rings. The van der Waals surface area contributed by atoms with Crippen molar-refractivity contribution in [2.45, 2.75) is 29.6 Å². The summed E-state index contributed by atoms with van der Waals surface area (Å²) in [4.78, 5) is 34.1. The first-order valence-electron chi connectivity index (χ1n) is 10.5. The molecule has 166 valence electrons. The number of aromatic nitrogens is 1. The van der Waals surface area contributed by atoms with Crippen molar-refractivity contribution in [3.05, 3.63) is 51.2 Å². The quantitative estimate of drug-likeness (QED) is 0.539. The standard InChI is InChI=1S/C22H20Br2N4O3S/c1-31-19(30)11-7-12-10-27-18(29)16-9-15(23)17(24)28(16)20-22(27,14(12)8-11)26-21(25-20)32-13-5-3-2-4-6-13/h2-6,9,11-12,14,20H,7-8,10H2,1H3,(H,25,26)/t11?,12-,14+,20-,22-/m0/s1.